The summed E-state index contributed by atoms with van der Waals surface area (Å²) in [7, 11) is 0. The number of hydrogen-bond acceptors (Lipinski definition) is 3. The summed E-state index contributed by atoms with van der Waals surface area (Å²) in [6.07, 6.45) is 1.68. The summed E-state index contributed by atoms with van der Waals surface area (Å²) in [5, 5.41) is 11.2. The fourth-order valence-corrected chi connectivity index (χ4v) is 2.52. The number of ether oxygens (including phenoxy) is 1. The van der Waals surface area contributed by atoms with Gasteiger partial charge in [-0.15, -0.1) is 0 Å². The van der Waals surface area contributed by atoms with Gasteiger partial charge in [0.25, 0.3) is 0 Å². The minimum absolute atomic E-state index is 0.0190. The highest BCUT2D eigenvalue weighted by Gasteiger charge is 2.51. The molecule has 0 aromatic heterocycles. The number of rotatable bonds is 7. The molecule has 2 N–H and O–H groups in total. The van der Waals surface area contributed by atoms with Crippen LogP contribution >= 0.6 is 15.9 Å². The molecule has 0 spiro atoms. The normalized spacial score (nSPS) is 15.7. The van der Waals surface area contributed by atoms with Gasteiger partial charge in [0.1, 0.15) is 6.61 Å². The third kappa shape index (κ3) is 3.58. The number of nitrogens with one attached hydrogen (secondary N) is 1. The Labute approximate surface area is 125 Å². The van der Waals surface area contributed by atoms with E-state index in [0.717, 1.165) is 22.9 Å². The Bertz CT molecular complexity index is 514. The molecule has 1 fully saturated rings. The molecular weight excluding hydrogens is 326 g/mol. The van der Waals surface area contributed by atoms with Crippen LogP contribution in [0.4, 0.5) is 0 Å². The molecule has 0 atom stereocenters. The van der Waals surface area contributed by atoms with Gasteiger partial charge in [0.05, 0.1) is 12.0 Å². The van der Waals surface area contributed by atoms with E-state index in [-0.39, 0.29) is 19.1 Å². The lowest BCUT2D eigenvalue weighted by molar-refractivity contribution is -0.142. The van der Waals surface area contributed by atoms with Crippen molar-refractivity contribution in [1.29, 1.82) is 0 Å². The van der Waals surface area contributed by atoms with E-state index in [9.17, 15) is 9.59 Å². The highest BCUT2D eigenvalue weighted by molar-refractivity contribution is 9.10. The quantitative estimate of drug-likeness (QED) is 0.740. The van der Waals surface area contributed by atoms with Crippen LogP contribution in [0, 0.1) is 0 Å². The van der Waals surface area contributed by atoms with Crippen LogP contribution in [0.15, 0.2) is 28.7 Å². The van der Waals surface area contributed by atoms with Gasteiger partial charge < -0.3 is 15.2 Å². The van der Waals surface area contributed by atoms with Gasteiger partial charge in [-0.05, 0) is 30.5 Å². The van der Waals surface area contributed by atoms with Gasteiger partial charge in [-0.3, -0.25) is 4.79 Å². The van der Waals surface area contributed by atoms with E-state index in [1.54, 1.807) is 0 Å². The molecule has 0 unspecified atom stereocenters. The maximum Gasteiger partial charge on any atom is 0.329 e. The molecule has 6 heteroatoms. The van der Waals surface area contributed by atoms with Gasteiger partial charge in [-0.1, -0.05) is 28.1 Å². The van der Waals surface area contributed by atoms with E-state index in [1.165, 1.54) is 0 Å². The highest BCUT2D eigenvalue weighted by Crippen LogP contribution is 2.48. The molecule has 5 nitrogen and oxygen atoms in total. The second-order valence-corrected chi connectivity index (χ2v) is 5.71. The average molecular weight is 342 g/mol. The zero-order chi connectivity index (χ0) is 14.6. The summed E-state index contributed by atoms with van der Waals surface area (Å²) in [4.78, 5) is 22.5. The maximum atomic E-state index is 12.2. The molecule has 20 heavy (non-hydrogen) atoms. The van der Waals surface area contributed by atoms with Gasteiger partial charge in [0.2, 0.25) is 5.91 Å². The van der Waals surface area contributed by atoms with Crippen molar-refractivity contribution in [3.8, 4) is 0 Å². The minimum atomic E-state index is -1.01. The number of halogens is 1. The number of hydrogen-bond donors (Lipinski definition) is 2. The van der Waals surface area contributed by atoms with Crippen LogP contribution in [0.3, 0.4) is 0 Å². The first-order chi connectivity index (χ1) is 9.54. The number of carbonyl (C=O) groups excluding carboxylic acids is 1. The van der Waals surface area contributed by atoms with Crippen molar-refractivity contribution in [2.75, 3.05) is 19.8 Å². The molecule has 0 radical (unpaired) electrons. The average Bonchev–Trinajstić information content (AvgIpc) is 3.19. The molecule has 0 heterocycles. The van der Waals surface area contributed by atoms with E-state index < -0.39 is 11.4 Å². The van der Waals surface area contributed by atoms with Crippen LogP contribution in [0.2, 0.25) is 0 Å². The Morgan fingerprint density at radius 3 is 2.75 bits per heavy atom. The van der Waals surface area contributed by atoms with E-state index in [0.29, 0.717) is 6.54 Å². The minimum Gasteiger partial charge on any atom is -0.480 e. The van der Waals surface area contributed by atoms with Crippen molar-refractivity contribution in [3.63, 3.8) is 0 Å². The molecule has 1 aliphatic rings. The molecule has 0 bridgehead atoms. The first-order valence-electron chi connectivity index (χ1n) is 6.38. The summed E-state index contributed by atoms with van der Waals surface area (Å²) in [5.41, 5.74) is 0.590. The molecule has 1 amide bonds. The number of benzene rings is 1. The molecule has 1 aromatic rings. The van der Waals surface area contributed by atoms with Gasteiger partial charge in [0, 0.05) is 11.0 Å². The summed E-state index contributed by atoms with van der Waals surface area (Å²) in [6.45, 7) is 0.182. The number of amides is 1. The Hall–Kier alpha value is -1.40. The van der Waals surface area contributed by atoms with Gasteiger partial charge in [-0.2, -0.15) is 0 Å². The molecule has 1 aliphatic carbocycles. The summed E-state index contributed by atoms with van der Waals surface area (Å²) >= 11 is 3.41. The Balaban J connectivity index is 1.85. The summed E-state index contributed by atoms with van der Waals surface area (Å²) in [5.74, 6) is -1.03. The molecule has 1 aromatic carbocycles. The lowest BCUT2D eigenvalue weighted by atomic mass is 9.95. The topological polar surface area (TPSA) is 75.6 Å². The van der Waals surface area contributed by atoms with Gasteiger partial charge in [0.15, 0.2) is 0 Å². The van der Waals surface area contributed by atoms with Crippen molar-refractivity contribution in [3.05, 3.63) is 34.3 Å². The Morgan fingerprint density at radius 1 is 1.40 bits per heavy atom. The lowest BCUT2D eigenvalue weighted by Gasteiger charge is -2.16. The first-order valence-corrected chi connectivity index (χ1v) is 7.18. The largest absolute Gasteiger partial charge is 0.480 e. The van der Waals surface area contributed by atoms with Crippen LogP contribution in [-0.2, 0) is 19.7 Å². The number of carboxylic acid groups (broad SMARTS) is 1. The zero-order valence-corrected chi connectivity index (χ0v) is 12.5. The Morgan fingerprint density at radius 2 is 2.15 bits per heavy atom. The summed E-state index contributed by atoms with van der Waals surface area (Å²) < 4.78 is 5.84. The standard InChI is InChI=1S/C14H16BrNO4/c15-11-3-1-2-10(8-11)14(4-5-14)13(19)16-6-7-20-9-12(17)18/h1-3,8H,4-7,9H2,(H,16,19)(H,17,18). The fraction of sp³-hybridized carbons (Fsp3) is 0.429. The van der Waals surface area contributed by atoms with Crippen molar-refractivity contribution in [2.45, 2.75) is 18.3 Å². The van der Waals surface area contributed by atoms with E-state index >= 15 is 0 Å². The van der Waals surface area contributed by atoms with Crippen LogP contribution in [0.25, 0.3) is 0 Å². The predicted molar refractivity (Wildman–Crippen MR) is 76.5 cm³/mol. The van der Waals surface area contributed by atoms with Gasteiger partial charge >= 0.3 is 5.97 Å². The third-order valence-electron chi connectivity index (χ3n) is 3.32. The molecular formula is C14H16BrNO4. The monoisotopic (exact) mass is 341 g/mol. The fourth-order valence-electron chi connectivity index (χ4n) is 2.12. The lowest BCUT2D eigenvalue weighted by Crippen LogP contribution is -2.36. The first kappa shape index (κ1) is 15.0. The van der Waals surface area contributed by atoms with Crippen molar-refractivity contribution in [1.82, 2.24) is 5.32 Å². The Kier molecular flexibility index (Phi) is 4.77. The van der Waals surface area contributed by atoms with E-state index in [1.807, 2.05) is 24.3 Å². The number of carboxylic acids is 1. The van der Waals surface area contributed by atoms with Crippen molar-refractivity contribution in [2.24, 2.45) is 0 Å². The van der Waals surface area contributed by atoms with Crippen LogP contribution in [0.5, 0.6) is 0 Å². The molecule has 0 saturated heterocycles. The summed E-state index contributed by atoms with van der Waals surface area (Å²) in [6, 6.07) is 7.77. The zero-order valence-electron chi connectivity index (χ0n) is 10.9. The van der Waals surface area contributed by atoms with Crippen LogP contribution < -0.4 is 5.32 Å². The third-order valence-corrected chi connectivity index (χ3v) is 3.81. The van der Waals surface area contributed by atoms with E-state index in [2.05, 4.69) is 21.2 Å². The number of carbonyl (C=O) groups is 2. The molecule has 108 valence electrons. The SMILES string of the molecule is O=C(O)COCCNC(=O)C1(c2cccc(Br)c2)CC1. The predicted octanol–water partition coefficient (Wildman–Crippen LogP) is 1.70. The maximum absolute atomic E-state index is 12.2. The molecule has 0 aliphatic heterocycles. The van der Waals surface area contributed by atoms with Crippen LogP contribution in [0.1, 0.15) is 18.4 Å². The number of aliphatic carboxylic acids is 1. The van der Waals surface area contributed by atoms with Crippen molar-refractivity contribution < 1.29 is 19.4 Å². The second kappa shape index (κ2) is 6.37. The highest BCUT2D eigenvalue weighted by atomic mass is 79.9. The van der Waals surface area contributed by atoms with Gasteiger partial charge in [-0.25, -0.2) is 4.79 Å². The molecule has 1 saturated carbocycles. The second-order valence-electron chi connectivity index (χ2n) is 4.79. The van der Waals surface area contributed by atoms with Crippen LogP contribution in [-0.4, -0.2) is 36.7 Å². The smallest absolute Gasteiger partial charge is 0.329 e. The van der Waals surface area contributed by atoms with Crippen molar-refractivity contribution >= 4 is 27.8 Å². The van der Waals surface area contributed by atoms with E-state index in [4.69, 9.17) is 9.84 Å². The molecule has 2 rings (SSSR count).